The standard InChI is InChI=1S/C26H28N8O2.H2S/c1-17(19-4-3-5-20-21(25(35)27-2)6-7-28-24(19)20)13-29-23-12-22(32-16-33-23)18-14-30-26(31-15-18)34-8-10-36-11-9-34;/h3-7,12,14-17H,8-11,13H2,1-2H3,(H,27,35)(H,29,32,33);1H2/t17-;/m1./s1. The monoisotopic (exact) mass is 518 g/mol. The summed E-state index contributed by atoms with van der Waals surface area (Å²) < 4.78 is 5.40. The molecule has 2 N–H and O–H groups in total. The van der Waals surface area contributed by atoms with Crippen molar-refractivity contribution < 1.29 is 9.53 Å². The number of hydrogen-bond acceptors (Lipinski definition) is 9. The van der Waals surface area contributed by atoms with Crippen LogP contribution < -0.4 is 15.5 Å². The molecule has 0 radical (unpaired) electrons. The van der Waals surface area contributed by atoms with Crippen LogP contribution in [0.25, 0.3) is 22.2 Å². The highest BCUT2D eigenvalue weighted by molar-refractivity contribution is 7.59. The lowest BCUT2D eigenvalue weighted by atomic mass is 9.96. The largest absolute Gasteiger partial charge is 0.378 e. The number of ether oxygens (including phenoxy) is 1. The van der Waals surface area contributed by atoms with Gasteiger partial charge >= 0.3 is 0 Å². The number of anilines is 2. The molecule has 4 heterocycles. The van der Waals surface area contributed by atoms with Crippen LogP contribution in [0.1, 0.15) is 28.8 Å². The molecule has 5 rings (SSSR count). The molecular formula is C26H30N8O2S. The molecule has 1 aromatic carbocycles. The summed E-state index contributed by atoms with van der Waals surface area (Å²) in [6.45, 7) is 5.71. The van der Waals surface area contributed by atoms with Gasteiger partial charge in [-0.15, -0.1) is 0 Å². The Morgan fingerprint density at radius 1 is 1.08 bits per heavy atom. The van der Waals surface area contributed by atoms with Crippen LogP contribution in [0.4, 0.5) is 11.8 Å². The molecule has 11 heteroatoms. The van der Waals surface area contributed by atoms with Gasteiger partial charge in [-0.2, -0.15) is 13.5 Å². The number of fused-ring (bicyclic) bond motifs is 1. The quantitative estimate of drug-likeness (QED) is 0.381. The van der Waals surface area contributed by atoms with E-state index in [2.05, 4.69) is 47.4 Å². The SMILES string of the molecule is CNC(=O)c1ccnc2c([C@H](C)CNc3cc(-c4cnc(N5CCOCC5)nc4)ncn3)cccc12.S. The van der Waals surface area contributed by atoms with E-state index in [0.717, 1.165) is 40.8 Å². The summed E-state index contributed by atoms with van der Waals surface area (Å²) in [5.41, 5.74) is 4.08. The molecule has 1 aliphatic heterocycles. The van der Waals surface area contributed by atoms with E-state index in [1.165, 1.54) is 6.33 Å². The highest BCUT2D eigenvalue weighted by atomic mass is 32.1. The Morgan fingerprint density at radius 2 is 1.86 bits per heavy atom. The van der Waals surface area contributed by atoms with Crippen LogP contribution >= 0.6 is 13.5 Å². The van der Waals surface area contributed by atoms with Crippen molar-refractivity contribution in [2.24, 2.45) is 0 Å². The molecule has 0 bridgehead atoms. The zero-order chi connectivity index (χ0) is 24.9. The maximum atomic E-state index is 12.3. The van der Waals surface area contributed by atoms with E-state index in [-0.39, 0.29) is 25.3 Å². The minimum absolute atomic E-state index is 0. The number of nitrogens with one attached hydrogen (secondary N) is 2. The number of rotatable bonds is 7. The van der Waals surface area contributed by atoms with Gasteiger partial charge in [-0.25, -0.2) is 19.9 Å². The molecule has 1 fully saturated rings. The Balaban J connectivity index is 0.00000320. The Hall–Kier alpha value is -3.83. The second kappa shape index (κ2) is 11.9. The van der Waals surface area contributed by atoms with E-state index in [9.17, 15) is 4.79 Å². The van der Waals surface area contributed by atoms with E-state index in [1.54, 1.807) is 31.7 Å². The molecule has 1 aliphatic rings. The van der Waals surface area contributed by atoms with Gasteiger partial charge in [0.15, 0.2) is 0 Å². The lowest BCUT2D eigenvalue weighted by molar-refractivity contribution is 0.0964. The first kappa shape index (κ1) is 26.2. The smallest absolute Gasteiger partial charge is 0.251 e. The maximum Gasteiger partial charge on any atom is 0.251 e. The predicted molar refractivity (Wildman–Crippen MR) is 149 cm³/mol. The lowest BCUT2D eigenvalue weighted by Gasteiger charge is -2.26. The van der Waals surface area contributed by atoms with Crippen molar-refractivity contribution in [2.75, 3.05) is 50.1 Å². The number of carbonyl (C=O) groups is 1. The molecule has 0 unspecified atom stereocenters. The Bertz CT molecular complexity index is 1360. The molecule has 0 spiro atoms. The van der Waals surface area contributed by atoms with Crippen molar-refractivity contribution in [3.63, 3.8) is 0 Å². The number of carbonyl (C=O) groups excluding carboxylic acids is 1. The number of para-hydroxylation sites is 1. The summed E-state index contributed by atoms with van der Waals surface area (Å²) >= 11 is 0. The average molecular weight is 519 g/mol. The van der Waals surface area contributed by atoms with E-state index < -0.39 is 0 Å². The number of hydrogen-bond donors (Lipinski definition) is 2. The van der Waals surface area contributed by atoms with Crippen molar-refractivity contribution in [1.82, 2.24) is 30.2 Å². The average Bonchev–Trinajstić information content (AvgIpc) is 2.95. The summed E-state index contributed by atoms with van der Waals surface area (Å²) in [6.07, 6.45) is 6.80. The number of aromatic nitrogens is 5. The molecule has 1 atom stereocenters. The number of pyridine rings is 1. The van der Waals surface area contributed by atoms with Gasteiger partial charge in [0.05, 0.1) is 30.0 Å². The first-order valence-corrected chi connectivity index (χ1v) is 11.9. The van der Waals surface area contributed by atoms with Crippen LogP contribution in [0, 0.1) is 0 Å². The van der Waals surface area contributed by atoms with Crippen molar-refractivity contribution >= 4 is 42.1 Å². The van der Waals surface area contributed by atoms with Gasteiger partial charge in [0.25, 0.3) is 5.91 Å². The van der Waals surface area contributed by atoms with Crippen LogP contribution in [0.15, 0.2) is 55.2 Å². The number of amides is 1. The third-order valence-corrected chi connectivity index (χ3v) is 6.29. The summed E-state index contributed by atoms with van der Waals surface area (Å²) in [5.74, 6) is 1.41. The summed E-state index contributed by atoms with van der Waals surface area (Å²) in [7, 11) is 1.63. The number of morpholine rings is 1. The third kappa shape index (κ3) is 5.78. The molecule has 192 valence electrons. The highest BCUT2D eigenvalue weighted by Gasteiger charge is 2.16. The molecular weight excluding hydrogens is 488 g/mol. The van der Waals surface area contributed by atoms with E-state index in [0.29, 0.717) is 37.1 Å². The van der Waals surface area contributed by atoms with Gasteiger partial charge in [-0.1, -0.05) is 25.1 Å². The van der Waals surface area contributed by atoms with Crippen LogP contribution in [0.3, 0.4) is 0 Å². The van der Waals surface area contributed by atoms with Gasteiger partial charge in [-0.3, -0.25) is 9.78 Å². The molecule has 0 saturated carbocycles. The van der Waals surface area contributed by atoms with Crippen LogP contribution in [-0.4, -0.2) is 70.7 Å². The normalized spacial score (nSPS) is 14.1. The first-order chi connectivity index (χ1) is 17.6. The van der Waals surface area contributed by atoms with Crippen molar-refractivity contribution in [3.8, 4) is 11.3 Å². The van der Waals surface area contributed by atoms with Gasteiger partial charge in [-0.05, 0) is 11.6 Å². The second-order valence-corrected chi connectivity index (χ2v) is 8.62. The molecule has 0 aliphatic carbocycles. The topological polar surface area (TPSA) is 118 Å². The molecule has 10 nitrogen and oxygen atoms in total. The third-order valence-electron chi connectivity index (χ3n) is 6.29. The minimum Gasteiger partial charge on any atom is -0.378 e. The van der Waals surface area contributed by atoms with Crippen molar-refractivity contribution in [3.05, 3.63) is 66.4 Å². The fraction of sp³-hybridized carbons (Fsp3) is 0.308. The van der Waals surface area contributed by atoms with Gasteiger partial charge in [0.1, 0.15) is 12.1 Å². The van der Waals surface area contributed by atoms with Crippen molar-refractivity contribution in [2.45, 2.75) is 12.8 Å². The summed E-state index contributed by atoms with van der Waals surface area (Å²) in [6, 6.07) is 9.58. The van der Waals surface area contributed by atoms with E-state index in [1.807, 2.05) is 24.3 Å². The predicted octanol–water partition coefficient (Wildman–Crippen LogP) is 3.01. The Kier molecular flexibility index (Phi) is 8.47. The number of benzene rings is 1. The van der Waals surface area contributed by atoms with E-state index >= 15 is 0 Å². The fourth-order valence-corrected chi connectivity index (χ4v) is 4.29. The molecule has 4 aromatic rings. The molecule has 1 saturated heterocycles. The Labute approximate surface area is 222 Å². The Morgan fingerprint density at radius 3 is 2.62 bits per heavy atom. The van der Waals surface area contributed by atoms with Crippen LogP contribution in [0.5, 0.6) is 0 Å². The van der Waals surface area contributed by atoms with Crippen LogP contribution in [0.2, 0.25) is 0 Å². The van der Waals surface area contributed by atoms with E-state index in [4.69, 9.17) is 4.74 Å². The molecule has 37 heavy (non-hydrogen) atoms. The minimum atomic E-state index is -0.124. The van der Waals surface area contributed by atoms with Gasteiger partial charge in [0, 0.05) is 68.2 Å². The molecule has 3 aromatic heterocycles. The maximum absolute atomic E-state index is 12.3. The lowest BCUT2D eigenvalue weighted by Crippen LogP contribution is -2.37. The van der Waals surface area contributed by atoms with Gasteiger partial charge < -0.3 is 20.3 Å². The van der Waals surface area contributed by atoms with Crippen molar-refractivity contribution in [1.29, 1.82) is 0 Å². The van der Waals surface area contributed by atoms with Gasteiger partial charge in [0.2, 0.25) is 5.95 Å². The summed E-state index contributed by atoms with van der Waals surface area (Å²) in [4.78, 5) is 36.8. The highest BCUT2D eigenvalue weighted by Crippen LogP contribution is 2.27. The zero-order valence-corrected chi connectivity index (χ0v) is 21.8. The summed E-state index contributed by atoms with van der Waals surface area (Å²) in [5, 5.41) is 6.94. The number of nitrogens with zero attached hydrogens (tertiary/aromatic N) is 6. The zero-order valence-electron chi connectivity index (χ0n) is 20.8. The van der Waals surface area contributed by atoms with Crippen LogP contribution in [-0.2, 0) is 4.74 Å². The second-order valence-electron chi connectivity index (χ2n) is 8.62. The molecule has 1 amide bonds. The fourth-order valence-electron chi connectivity index (χ4n) is 4.29. The first-order valence-electron chi connectivity index (χ1n) is 11.9.